The van der Waals surface area contributed by atoms with Gasteiger partial charge >= 0.3 is 0 Å². The van der Waals surface area contributed by atoms with Gasteiger partial charge in [-0.05, 0) is 57.9 Å². The highest BCUT2D eigenvalue weighted by molar-refractivity contribution is 5.91. The number of allylic oxidation sites excluding steroid dienone is 2. The molecule has 5 nitrogen and oxygen atoms in total. The van der Waals surface area contributed by atoms with E-state index in [1.807, 2.05) is 58.1 Å². The zero-order chi connectivity index (χ0) is 21.6. The minimum atomic E-state index is -0.383. The van der Waals surface area contributed by atoms with Gasteiger partial charge in [-0.1, -0.05) is 23.8 Å². The summed E-state index contributed by atoms with van der Waals surface area (Å²) in [5.41, 5.74) is 2.86. The summed E-state index contributed by atoms with van der Waals surface area (Å²) in [4.78, 5) is 13.3. The first kappa shape index (κ1) is 19.8. The molecule has 0 atom stereocenters. The van der Waals surface area contributed by atoms with E-state index in [1.165, 1.54) is 12.3 Å². The summed E-state index contributed by atoms with van der Waals surface area (Å²) in [6, 6.07) is 6.69. The zero-order valence-electron chi connectivity index (χ0n) is 17.4. The molecule has 0 unspecified atom stereocenters. The number of phenols is 2. The highest BCUT2D eigenvalue weighted by Crippen LogP contribution is 2.37. The Hall–Kier alpha value is -3.47. The molecule has 0 saturated heterocycles. The summed E-state index contributed by atoms with van der Waals surface area (Å²) in [5, 5.41) is 20.7. The third kappa shape index (κ3) is 3.47. The topological polar surface area (TPSA) is 79.9 Å². The molecule has 2 N–H and O–H groups in total. The van der Waals surface area contributed by atoms with Crippen molar-refractivity contribution in [3.63, 3.8) is 0 Å². The van der Waals surface area contributed by atoms with E-state index in [-0.39, 0.29) is 33.5 Å². The minimum Gasteiger partial charge on any atom is -0.507 e. The van der Waals surface area contributed by atoms with E-state index in [9.17, 15) is 15.0 Å². The molecule has 154 valence electrons. The molecule has 1 aliphatic heterocycles. The second-order valence-electron chi connectivity index (χ2n) is 8.35. The average molecular weight is 404 g/mol. The van der Waals surface area contributed by atoms with Crippen molar-refractivity contribution in [2.24, 2.45) is 0 Å². The molecule has 2 aromatic carbocycles. The summed E-state index contributed by atoms with van der Waals surface area (Å²) < 4.78 is 11.7. The monoisotopic (exact) mass is 404 g/mol. The van der Waals surface area contributed by atoms with Crippen molar-refractivity contribution in [2.45, 2.75) is 39.7 Å². The average Bonchev–Trinajstić information content (AvgIpc) is 2.66. The maximum Gasteiger partial charge on any atom is 0.204 e. The Balaban J connectivity index is 1.87. The molecular weight excluding hydrogens is 380 g/mol. The Morgan fingerprint density at radius 2 is 1.90 bits per heavy atom. The normalized spacial score (nSPS) is 14.3. The fourth-order valence-electron chi connectivity index (χ4n) is 3.58. The summed E-state index contributed by atoms with van der Waals surface area (Å²) in [6.45, 7) is 7.85. The van der Waals surface area contributed by atoms with Crippen LogP contribution in [0.25, 0.3) is 28.2 Å². The quantitative estimate of drug-likeness (QED) is 0.558. The van der Waals surface area contributed by atoms with Gasteiger partial charge in [0.05, 0.1) is 5.56 Å². The van der Waals surface area contributed by atoms with Gasteiger partial charge in [-0.25, -0.2) is 0 Å². The van der Waals surface area contributed by atoms with Gasteiger partial charge in [-0.15, -0.1) is 0 Å². The van der Waals surface area contributed by atoms with Crippen molar-refractivity contribution in [1.82, 2.24) is 0 Å². The van der Waals surface area contributed by atoms with E-state index in [0.29, 0.717) is 23.1 Å². The largest absolute Gasteiger partial charge is 0.507 e. The maximum atomic E-state index is 13.3. The molecule has 0 saturated carbocycles. The van der Waals surface area contributed by atoms with Crippen LogP contribution in [0.15, 0.2) is 57.5 Å². The predicted molar refractivity (Wildman–Crippen MR) is 118 cm³/mol. The number of hydrogen-bond donors (Lipinski definition) is 2. The Labute approximate surface area is 174 Å². The van der Waals surface area contributed by atoms with Gasteiger partial charge in [0.15, 0.2) is 0 Å². The zero-order valence-corrected chi connectivity index (χ0v) is 17.4. The summed E-state index contributed by atoms with van der Waals surface area (Å²) in [5.74, 6) is 0.335. The molecule has 5 heteroatoms. The first-order chi connectivity index (χ1) is 14.2. The number of fused-ring (bicyclic) bond motifs is 2. The van der Waals surface area contributed by atoms with Crippen LogP contribution < -0.4 is 10.2 Å². The SMILES string of the molecule is CC(C)=CCc1c(O)cc(O)c2c(=O)c(-c3ccc4c(c3)C=CC(C)(C)O4)coc12. The fraction of sp³-hybridized carbons (Fsp3) is 0.240. The number of aromatic hydroxyl groups is 2. The number of hydrogen-bond acceptors (Lipinski definition) is 5. The highest BCUT2D eigenvalue weighted by atomic mass is 16.5. The van der Waals surface area contributed by atoms with Crippen LogP contribution in [0.2, 0.25) is 0 Å². The van der Waals surface area contributed by atoms with Crippen molar-refractivity contribution in [3.05, 3.63) is 69.6 Å². The van der Waals surface area contributed by atoms with E-state index in [1.54, 1.807) is 6.07 Å². The molecule has 2 heterocycles. The molecule has 30 heavy (non-hydrogen) atoms. The van der Waals surface area contributed by atoms with E-state index < -0.39 is 0 Å². The Morgan fingerprint density at radius 3 is 2.63 bits per heavy atom. The third-order valence-electron chi connectivity index (χ3n) is 5.18. The lowest BCUT2D eigenvalue weighted by molar-refractivity contribution is 0.159. The second kappa shape index (κ2) is 7.10. The smallest absolute Gasteiger partial charge is 0.204 e. The number of rotatable bonds is 3. The van der Waals surface area contributed by atoms with Gasteiger partial charge < -0.3 is 19.4 Å². The lowest BCUT2D eigenvalue weighted by Crippen LogP contribution is -2.27. The van der Waals surface area contributed by atoms with Crippen molar-refractivity contribution in [1.29, 1.82) is 0 Å². The minimum absolute atomic E-state index is 0.0631. The lowest BCUT2D eigenvalue weighted by atomic mass is 9.97. The van der Waals surface area contributed by atoms with Crippen LogP contribution in [0.3, 0.4) is 0 Å². The van der Waals surface area contributed by atoms with Gasteiger partial charge in [0, 0.05) is 17.2 Å². The van der Waals surface area contributed by atoms with Gasteiger partial charge in [0.2, 0.25) is 5.43 Å². The third-order valence-corrected chi connectivity index (χ3v) is 5.18. The van der Waals surface area contributed by atoms with E-state index in [2.05, 4.69) is 0 Å². The molecule has 1 aliphatic rings. The highest BCUT2D eigenvalue weighted by Gasteiger charge is 2.23. The van der Waals surface area contributed by atoms with Crippen LogP contribution in [-0.4, -0.2) is 15.8 Å². The predicted octanol–water partition coefficient (Wildman–Crippen LogP) is 5.56. The Kier molecular flexibility index (Phi) is 4.69. The van der Waals surface area contributed by atoms with Gasteiger partial charge in [-0.3, -0.25) is 4.79 Å². The van der Waals surface area contributed by atoms with Crippen molar-refractivity contribution >= 4 is 17.0 Å². The van der Waals surface area contributed by atoms with Crippen LogP contribution in [-0.2, 0) is 6.42 Å². The second-order valence-corrected chi connectivity index (χ2v) is 8.35. The van der Waals surface area contributed by atoms with Crippen LogP contribution in [0.4, 0.5) is 0 Å². The molecule has 0 bridgehead atoms. The number of benzene rings is 2. The molecule has 0 spiro atoms. The molecule has 0 fully saturated rings. The summed E-state index contributed by atoms with van der Waals surface area (Å²) in [7, 11) is 0. The van der Waals surface area contributed by atoms with Crippen molar-refractivity contribution in [3.8, 4) is 28.4 Å². The standard InChI is InChI=1S/C25H24O5/c1-14(2)5-7-17-19(26)12-20(27)22-23(28)18(13-29-24(17)22)15-6-8-21-16(11-15)9-10-25(3,4)30-21/h5-6,8-13,26-27H,7H2,1-4H3. The lowest BCUT2D eigenvalue weighted by Gasteiger charge is -2.28. The van der Waals surface area contributed by atoms with Crippen LogP contribution >= 0.6 is 0 Å². The van der Waals surface area contributed by atoms with Gasteiger partial charge in [0.1, 0.15) is 40.1 Å². The number of ether oxygens (including phenoxy) is 1. The molecule has 4 rings (SSSR count). The summed E-state index contributed by atoms with van der Waals surface area (Å²) >= 11 is 0. The Morgan fingerprint density at radius 1 is 1.13 bits per heavy atom. The van der Waals surface area contributed by atoms with Crippen molar-refractivity contribution < 1.29 is 19.4 Å². The molecule has 0 radical (unpaired) electrons. The summed E-state index contributed by atoms with van der Waals surface area (Å²) in [6.07, 6.45) is 7.64. The molecule has 0 amide bonds. The molecule has 3 aromatic rings. The first-order valence-electron chi connectivity index (χ1n) is 9.81. The molecule has 0 aliphatic carbocycles. The van der Waals surface area contributed by atoms with E-state index in [0.717, 1.165) is 16.9 Å². The van der Waals surface area contributed by atoms with Crippen LogP contribution in [0, 0.1) is 0 Å². The van der Waals surface area contributed by atoms with Crippen LogP contribution in [0.1, 0.15) is 38.8 Å². The van der Waals surface area contributed by atoms with Crippen molar-refractivity contribution in [2.75, 3.05) is 0 Å². The Bertz CT molecular complexity index is 1270. The maximum absolute atomic E-state index is 13.3. The van der Waals surface area contributed by atoms with Gasteiger partial charge in [0.25, 0.3) is 0 Å². The first-order valence-corrected chi connectivity index (χ1v) is 9.81. The van der Waals surface area contributed by atoms with Gasteiger partial charge in [-0.2, -0.15) is 0 Å². The molecule has 1 aromatic heterocycles. The molecular formula is C25H24O5. The van der Waals surface area contributed by atoms with E-state index >= 15 is 0 Å². The fourth-order valence-corrected chi connectivity index (χ4v) is 3.58. The number of phenolic OH excluding ortho intramolecular Hbond substituents is 2. The van der Waals surface area contributed by atoms with Crippen LogP contribution in [0.5, 0.6) is 17.2 Å². The van der Waals surface area contributed by atoms with E-state index in [4.69, 9.17) is 9.15 Å².